The minimum absolute atomic E-state index is 0.0528. The van der Waals surface area contributed by atoms with E-state index in [1.807, 2.05) is 30.3 Å². The fraction of sp³-hybridized carbons (Fsp3) is 0.167. The number of aliphatic carboxylic acids is 2. The maximum Gasteiger partial charge on any atom is 0.342 e. The average Bonchev–Trinajstić information content (AvgIpc) is 2.29. The van der Waals surface area contributed by atoms with Gasteiger partial charge in [-0.2, -0.15) is 0 Å². The largest absolute Gasteiger partial charge is 0.477 e. The molecule has 0 aliphatic carbocycles. The van der Waals surface area contributed by atoms with Gasteiger partial charge in [0, 0.05) is 0 Å². The number of carbonyl (C=O) groups is 2. The summed E-state index contributed by atoms with van der Waals surface area (Å²) in [6, 6.07) is 9.30. The van der Waals surface area contributed by atoms with Crippen LogP contribution in [0.5, 0.6) is 0 Å². The second-order valence-corrected chi connectivity index (χ2v) is 3.23. The minimum atomic E-state index is -1.47. The molecular formula is C12H12O5. The van der Waals surface area contributed by atoms with Gasteiger partial charge in [-0.15, -0.1) is 0 Å². The highest BCUT2D eigenvalue weighted by Gasteiger charge is 2.14. The zero-order valence-corrected chi connectivity index (χ0v) is 9.00. The molecule has 0 unspecified atom stereocenters. The van der Waals surface area contributed by atoms with Gasteiger partial charge in [-0.25, -0.2) is 9.59 Å². The zero-order valence-electron chi connectivity index (χ0n) is 9.00. The fourth-order valence-corrected chi connectivity index (χ4v) is 1.16. The van der Waals surface area contributed by atoms with Crippen molar-refractivity contribution in [1.82, 2.24) is 0 Å². The van der Waals surface area contributed by atoms with E-state index in [2.05, 4.69) is 0 Å². The lowest BCUT2D eigenvalue weighted by molar-refractivity contribution is -0.140. The number of ether oxygens (including phenoxy) is 1. The van der Waals surface area contributed by atoms with E-state index >= 15 is 0 Å². The summed E-state index contributed by atoms with van der Waals surface area (Å²) in [6.45, 7) is 0.257. The van der Waals surface area contributed by atoms with Crippen LogP contribution in [0.2, 0.25) is 0 Å². The monoisotopic (exact) mass is 236 g/mol. The van der Waals surface area contributed by atoms with E-state index in [0.29, 0.717) is 6.61 Å². The smallest absolute Gasteiger partial charge is 0.342 e. The van der Waals surface area contributed by atoms with Gasteiger partial charge < -0.3 is 14.9 Å². The molecule has 1 aromatic rings. The number of hydrogen-bond acceptors (Lipinski definition) is 3. The summed E-state index contributed by atoms with van der Waals surface area (Å²) in [5.41, 5.74) is 0.256. The van der Waals surface area contributed by atoms with Gasteiger partial charge in [-0.1, -0.05) is 30.3 Å². The minimum Gasteiger partial charge on any atom is -0.477 e. The predicted molar refractivity (Wildman–Crippen MR) is 59.5 cm³/mol. The first-order valence-electron chi connectivity index (χ1n) is 4.89. The van der Waals surface area contributed by atoms with Crippen LogP contribution in [0.1, 0.15) is 5.56 Å². The second kappa shape index (κ2) is 6.44. The van der Waals surface area contributed by atoms with Crippen molar-refractivity contribution < 1.29 is 24.5 Å². The van der Waals surface area contributed by atoms with Crippen LogP contribution < -0.4 is 0 Å². The lowest BCUT2D eigenvalue weighted by Gasteiger charge is -2.01. The summed E-state index contributed by atoms with van der Waals surface area (Å²) in [4.78, 5) is 21.0. The van der Waals surface area contributed by atoms with E-state index in [0.717, 1.165) is 11.6 Å². The van der Waals surface area contributed by atoms with Crippen molar-refractivity contribution >= 4 is 11.9 Å². The number of hydrogen-bond donors (Lipinski definition) is 2. The molecule has 0 aromatic heterocycles. The van der Waals surface area contributed by atoms with E-state index in [1.54, 1.807) is 0 Å². The van der Waals surface area contributed by atoms with Crippen LogP contribution in [0.4, 0.5) is 0 Å². The van der Waals surface area contributed by atoms with Gasteiger partial charge in [0.25, 0.3) is 0 Å². The van der Waals surface area contributed by atoms with Crippen molar-refractivity contribution in [3.05, 3.63) is 47.5 Å². The highest BCUT2D eigenvalue weighted by molar-refractivity contribution is 6.12. The lowest BCUT2D eigenvalue weighted by Crippen LogP contribution is -2.12. The summed E-state index contributed by atoms with van der Waals surface area (Å²) < 4.78 is 5.15. The molecule has 0 heterocycles. The summed E-state index contributed by atoms with van der Waals surface area (Å²) >= 11 is 0. The lowest BCUT2D eigenvalue weighted by atomic mass is 10.2. The molecule has 0 spiro atoms. The van der Waals surface area contributed by atoms with Crippen molar-refractivity contribution in [2.45, 2.75) is 6.61 Å². The van der Waals surface area contributed by atoms with Crippen LogP contribution in [-0.2, 0) is 20.9 Å². The Balaban J connectivity index is 2.44. The van der Waals surface area contributed by atoms with E-state index in [1.165, 1.54) is 0 Å². The van der Waals surface area contributed by atoms with Crippen LogP contribution in [0.25, 0.3) is 0 Å². The molecule has 17 heavy (non-hydrogen) atoms. The third-order valence-corrected chi connectivity index (χ3v) is 1.98. The molecular weight excluding hydrogens is 224 g/mol. The Morgan fingerprint density at radius 1 is 1.12 bits per heavy atom. The first-order valence-corrected chi connectivity index (χ1v) is 4.89. The molecule has 1 rings (SSSR count). The molecule has 0 aliphatic rings. The number of benzene rings is 1. The van der Waals surface area contributed by atoms with Gasteiger partial charge in [0.1, 0.15) is 5.57 Å². The maximum absolute atomic E-state index is 10.5. The summed E-state index contributed by atoms with van der Waals surface area (Å²) in [6.07, 6.45) is 1.04. The Morgan fingerprint density at radius 3 is 2.24 bits per heavy atom. The normalized spacial score (nSPS) is 9.65. The van der Waals surface area contributed by atoms with Crippen LogP contribution in [0.3, 0.4) is 0 Å². The Hall–Kier alpha value is -2.14. The topological polar surface area (TPSA) is 83.8 Å². The molecule has 0 aliphatic heterocycles. The number of carboxylic acid groups (broad SMARTS) is 2. The van der Waals surface area contributed by atoms with Crippen molar-refractivity contribution in [2.24, 2.45) is 0 Å². The van der Waals surface area contributed by atoms with E-state index < -0.39 is 17.5 Å². The first-order chi connectivity index (χ1) is 8.11. The van der Waals surface area contributed by atoms with Crippen LogP contribution in [0, 0.1) is 0 Å². The van der Waals surface area contributed by atoms with E-state index in [-0.39, 0.29) is 6.61 Å². The highest BCUT2D eigenvalue weighted by Crippen LogP contribution is 2.01. The number of rotatable bonds is 6. The molecule has 2 N–H and O–H groups in total. The van der Waals surface area contributed by atoms with Crippen molar-refractivity contribution in [3.63, 3.8) is 0 Å². The van der Waals surface area contributed by atoms with Crippen LogP contribution in [-0.4, -0.2) is 28.8 Å². The first kappa shape index (κ1) is 12.9. The Kier molecular flexibility index (Phi) is 4.90. The Bertz CT molecular complexity index is 406. The molecule has 5 heteroatoms. The average molecular weight is 236 g/mol. The van der Waals surface area contributed by atoms with Gasteiger partial charge in [-0.3, -0.25) is 0 Å². The molecule has 90 valence electrons. The molecule has 5 nitrogen and oxygen atoms in total. The summed E-state index contributed by atoms with van der Waals surface area (Å²) in [5, 5.41) is 17.1. The highest BCUT2D eigenvalue weighted by atomic mass is 16.5. The third kappa shape index (κ3) is 4.48. The van der Waals surface area contributed by atoms with Crippen molar-refractivity contribution in [3.8, 4) is 0 Å². The number of carboxylic acids is 2. The Morgan fingerprint density at radius 2 is 1.71 bits per heavy atom. The molecule has 0 bridgehead atoms. The quantitative estimate of drug-likeness (QED) is 0.336. The molecule has 1 aromatic carbocycles. The second-order valence-electron chi connectivity index (χ2n) is 3.23. The molecule has 0 saturated carbocycles. The van der Waals surface area contributed by atoms with E-state index in [9.17, 15) is 9.59 Å². The standard InChI is InChI=1S/C12H12O5/c13-11(14)10(12(15)16)6-7-17-8-9-4-2-1-3-5-9/h1-6H,7-8H2,(H,13,14)(H,15,16). The van der Waals surface area contributed by atoms with Gasteiger partial charge in [0.15, 0.2) is 0 Å². The van der Waals surface area contributed by atoms with Crippen LogP contribution in [0.15, 0.2) is 42.0 Å². The van der Waals surface area contributed by atoms with Gasteiger partial charge in [0.2, 0.25) is 0 Å². The van der Waals surface area contributed by atoms with Crippen molar-refractivity contribution in [2.75, 3.05) is 6.61 Å². The van der Waals surface area contributed by atoms with Gasteiger partial charge >= 0.3 is 11.9 Å². The molecule has 0 radical (unpaired) electrons. The predicted octanol–water partition coefficient (Wildman–Crippen LogP) is 1.30. The maximum atomic E-state index is 10.5. The third-order valence-electron chi connectivity index (χ3n) is 1.98. The zero-order chi connectivity index (χ0) is 12.7. The summed E-state index contributed by atoms with van der Waals surface area (Å²) in [7, 11) is 0. The van der Waals surface area contributed by atoms with E-state index in [4.69, 9.17) is 14.9 Å². The molecule has 0 saturated heterocycles. The van der Waals surface area contributed by atoms with Crippen LogP contribution >= 0.6 is 0 Å². The molecule has 0 fully saturated rings. The molecule has 0 atom stereocenters. The van der Waals surface area contributed by atoms with Gasteiger partial charge in [0.05, 0.1) is 13.2 Å². The van der Waals surface area contributed by atoms with Crippen molar-refractivity contribution in [1.29, 1.82) is 0 Å². The fourth-order valence-electron chi connectivity index (χ4n) is 1.16. The van der Waals surface area contributed by atoms with Gasteiger partial charge in [-0.05, 0) is 11.6 Å². The molecule has 0 amide bonds. The SMILES string of the molecule is O=C(O)C(=CCOCc1ccccc1)C(=O)O. The summed E-state index contributed by atoms with van der Waals surface area (Å²) in [5.74, 6) is -2.94. The Labute approximate surface area is 98.0 Å².